The van der Waals surface area contributed by atoms with Crippen LogP contribution in [0, 0.1) is 5.92 Å². The molecule has 2 rings (SSSR count). The summed E-state index contributed by atoms with van der Waals surface area (Å²) in [5, 5.41) is 3.43. The second-order valence-electron chi connectivity index (χ2n) is 5.64. The number of nitrogens with one attached hydrogen (secondary N) is 1. The molecule has 0 amide bonds. The van der Waals surface area contributed by atoms with E-state index in [1.165, 1.54) is 5.56 Å². The fourth-order valence-electron chi connectivity index (χ4n) is 2.34. The zero-order valence-corrected chi connectivity index (χ0v) is 12.2. The van der Waals surface area contributed by atoms with Crippen LogP contribution in [0.25, 0.3) is 0 Å². The van der Waals surface area contributed by atoms with Gasteiger partial charge in [0.25, 0.3) is 0 Å². The average Bonchev–Trinajstić information content (AvgIpc) is 2.88. The molecule has 19 heavy (non-hydrogen) atoms. The molecule has 0 radical (unpaired) electrons. The zero-order chi connectivity index (χ0) is 13.7. The molecule has 1 atom stereocenters. The van der Waals surface area contributed by atoms with Crippen molar-refractivity contribution in [3.8, 4) is 0 Å². The number of hydrogen-bond acceptors (Lipinski definition) is 4. The van der Waals surface area contributed by atoms with Crippen LogP contribution in [0.4, 0.5) is 5.82 Å². The Morgan fingerprint density at radius 2 is 2.32 bits per heavy atom. The molecule has 4 heteroatoms. The van der Waals surface area contributed by atoms with Crippen molar-refractivity contribution >= 4 is 5.82 Å². The van der Waals surface area contributed by atoms with Crippen molar-refractivity contribution < 1.29 is 4.74 Å². The van der Waals surface area contributed by atoms with E-state index >= 15 is 0 Å². The Morgan fingerprint density at radius 1 is 1.47 bits per heavy atom. The van der Waals surface area contributed by atoms with Gasteiger partial charge in [0.05, 0.1) is 6.10 Å². The summed E-state index contributed by atoms with van der Waals surface area (Å²) in [6.45, 7) is 8.36. The van der Waals surface area contributed by atoms with Crippen LogP contribution in [0.3, 0.4) is 0 Å². The van der Waals surface area contributed by atoms with E-state index in [1.807, 2.05) is 6.20 Å². The Bertz CT molecular complexity index is 377. The number of nitrogens with zero attached hydrogens (tertiary/aromatic N) is 2. The van der Waals surface area contributed by atoms with Gasteiger partial charge in [0, 0.05) is 32.9 Å². The van der Waals surface area contributed by atoms with Gasteiger partial charge in [0.1, 0.15) is 5.82 Å². The average molecular weight is 263 g/mol. The van der Waals surface area contributed by atoms with Gasteiger partial charge in [0.15, 0.2) is 0 Å². The Labute approximate surface area is 116 Å². The van der Waals surface area contributed by atoms with Crippen LogP contribution in [-0.4, -0.2) is 37.8 Å². The fourth-order valence-corrected chi connectivity index (χ4v) is 2.34. The summed E-state index contributed by atoms with van der Waals surface area (Å²) >= 11 is 0. The normalized spacial score (nSPS) is 19.4. The quantitative estimate of drug-likeness (QED) is 0.852. The second kappa shape index (κ2) is 6.87. The largest absolute Gasteiger partial charge is 0.380 e. The van der Waals surface area contributed by atoms with E-state index in [1.54, 1.807) is 7.11 Å². The SMILES string of the molecule is COC1CCN(c2ccc(CNCC(C)C)cn2)C1. The molecule has 1 unspecified atom stereocenters. The van der Waals surface area contributed by atoms with Crippen LogP contribution in [-0.2, 0) is 11.3 Å². The molecule has 0 aliphatic carbocycles. The number of rotatable bonds is 6. The van der Waals surface area contributed by atoms with Crippen molar-refractivity contribution in [1.82, 2.24) is 10.3 Å². The molecule has 1 saturated heterocycles. The smallest absolute Gasteiger partial charge is 0.128 e. The molecule has 0 saturated carbocycles. The van der Waals surface area contributed by atoms with E-state index in [2.05, 4.69) is 41.2 Å². The molecular formula is C15H25N3O. The molecule has 1 aromatic heterocycles. The fraction of sp³-hybridized carbons (Fsp3) is 0.667. The monoisotopic (exact) mass is 263 g/mol. The van der Waals surface area contributed by atoms with Gasteiger partial charge < -0.3 is 15.0 Å². The maximum Gasteiger partial charge on any atom is 0.128 e. The predicted octanol–water partition coefficient (Wildman–Crippen LogP) is 2.05. The Morgan fingerprint density at radius 3 is 2.89 bits per heavy atom. The van der Waals surface area contributed by atoms with Gasteiger partial charge in [-0.05, 0) is 30.5 Å². The van der Waals surface area contributed by atoms with Gasteiger partial charge in [-0.3, -0.25) is 0 Å². The van der Waals surface area contributed by atoms with Gasteiger partial charge in [0.2, 0.25) is 0 Å². The molecule has 0 aromatic carbocycles. The van der Waals surface area contributed by atoms with E-state index in [-0.39, 0.29) is 0 Å². The van der Waals surface area contributed by atoms with Gasteiger partial charge in [-0.15, -0.1) is 0 Å². The van der Waals surface area contributed by atoms with Crippen molar-refractivity contribution in [2.75, 3.05) is 31.6 Å². The van der Waals surface area contributed by atoms with E-state index in [0.29, 0.717) is 12.0 Å². The van der Waals surface area contributed by atoms with Crippen LogP contribution in [0.2, 0.25) is 0 Å². The summed E-state index contributed by atoms with van der Waals surface area (Å²) in [6, 6.07) is 4.28. The predicted molar refractivity (Wildman–Crippen MR) is 78.4 cm³/mol. The highest BCUT2D eigenvalue weighted by Crippen LogP contribution is 2.19. The molecule has 0 spiro atoms. The Hall–Kier alpha value is -1.13. The van der Waals surface area contributed by atoms with Crippen molar-refractivity contribution in [3.63, 3.8) is 0 Å². The number of pyridine rings is 1. The third-order valence-corrected chi connectivity index (χ3v) is 3.49. The molecule has 106 valence electrons. The molecule has 1 aliphatic heterocycles. The first kappa shape index (κ1) is 14.3. The highest BCUT2D eigenvalue weighted by Gasteiger charge is 2.22. The molecule has 2 heterocycles. The van der Waals surface area contributed by atoms with Crippen LogP contribution in [0.1, 0.15) is 25.8 Å². The van der Waals surface area contributed by atoms with Crippen LogP contribution in [0.15, 0.2) is 18.3 Å². The second-order valence-corrected chi connectivity index (χ2v) is 5.64. The van der Waals surface area contributed by atoms with E-state index in [0.717, 1.165) is 38.4 Å². The molecule has 1 N–H and O–H groups in total. The van der Waals surface area contributed by atoms with Gasteiger partial charge >= 0.3 is 0 Å². The molecule has 1 fully saturated rings. The standard InChI is InChI=1S/C15H25N3O/c1-12(2)8-16-9-13-4-5-15(17-10-13)18-7-6-14(11-18)19-3/h4-5,10,12,14,16H,6-9,11H2,1-3H3. The lowest BCUT2D eigenvalue weighted by molar-refractivity contribution is 0.121. The number of ether oxygens (including phenoxy) is 1. The van der Waals surface area contributed by atoms with Gasteiger partial charge in [-0.1, -0.05) is 19.9 Å². The van der Waals surface area contributed by atoms with E-state index in [9.17, 15) is 0 Å². The summed E-state index contributed by atoms with van der Waals surface area (Å²) in [5.74, 6) is 1.75. The van der Waals surface area contributed by atoms with Crippen LogP contribution in [0.5, 0.6) is 0 Å². The number of methoxy groups -OCH3 is 1. The van der Waals surface area contributed by atoms with Crippen molar-refractivity contribution in [2.45, 2.75) is 32.9 Å². The first-order valence-corrected chi connectivity index (χ1v) is 7.12. The maximum absolute atomic E-state index is 5.38. The Balaban J connectivity index is 1.84. The summed E-state index contributed by atoms with van der Waals surface area (Å²) in [7, 11) is 1.78. The van der Waals surface area contributed by atoms with Crippen molar-refractivity contribution in [3.05, 3.63) is 23.9 Å². The topological polar surface area (TPSA) is 37.4 Å². The summed E-state index contributed by atoms with van der Waals surface area (Å²) in [6.07, 6.45) is 3.42. The molecule has 1 aromatic rings. The number of anilines is 1. The van der Waals surface area contributed by atoms with E-state index < -0.39 is 0 Å². The summed E-state index contributed by atoms with van der Waals surface area (Å²) < 4.78 is 5.38. The lowest BCUT2D eigenvalue weighted by Gasteiger charge is -2.17. The highest BCUT2D eigenvalue weighted by atomic mass is 16.5. The first-order chi connectivity index (χ1) is 9.19. The van der Waals surface area contributed by atoms with Crippen molar-refractivity contribution in [2.24, 2.45) is 5.92 Å². The van der Waals surface area contributed by atoms with Crippen LogP contribution >= 0.6 is 0 Å². The third-order valence-electron chi connectivity index (χ3n) is 3.49. The van der Waals surface area contributed by atoms with E-state index in [4.69, 9.17) is 4.74 Å². The molecular weight excluding hydrogens is 238 g/mol. The molecule has 1 aliphatic rings. The first-order valence-electron chi connectivity index (χ1n) is 7.12. The molecule has 0 bridgehead atoms. The number of hydrogen-bond donors (Lipinski definition) is 1. The lowest BCUT2D eigenvalue weighted by Crippen LogP contribution is -2.23. The minimum Gasteiger partial charge on any atom is -0.380 e. The van der Waals surface area contributed by atoms with Gasteiger partial charge in [-0.25, -0.2) is 4.98 Å². The number of aromatic nitrogens is 1. The Kier molecular flexibility index (Phi) is 5.16. The van der Waals surface area contributed by atoms with Crippen LogP contribution < -0.4 is 10.2 Å². The lowest BCUT2D eigenvalue weighted by atomic mass is 10.2. The summed E-state index contributed by atoms with van der Waals surface area (Å²) in [5.41, 5.74) is 1.24. The minimum atomic E-state index is 0.356. The third kappa shape index (κ3) is 4.18. The van der Waals surface area contributed by atoms with Gasteiger partial charge in [-0.2, -0.15) is 0 Å². The zero-order valence-electron chi connectivity index (χ0n) is 12.2. The van der Waals surface area contributed by atoms with Crippen molar-refractivity contribution in [1.29, 1.82) is 0 Å². The maximum atomic E-state index is 5.38. The minimum absolute atomic E-state index is 0.356. The highest BCUT2D eigenvalue weighted by molar-refractivity contribution is 5.40. The summed E-state index contributed by atoms with van der Waals surface area (Å²) in [4.78, 5) is 6.85. The molecule has 4 nitrogen and oxygen atoms in total.